The molecule has 1 saturated heterocycles. The average Bonchev–Trinajstić information content (AvgIpc) is 2.96. The Morgan fingerprint density at radius 2 is 2.15 bits per heavy atom. The molecule has 8 heteroatoms. The molecule has 20 heavy (non-hydrogen) atoms. The quantitative estimate of drug-likeness (QED) is 0.298. The maximum absolute atomic E-state index is 10.9. The number of pyridine rings is 1. The van der Waals surface area contributed by atoms with E-state index in [4.69, 9.17) is 5.84 Å². The molecule has 8 nitrogen and oxygen atoms in total. The highest BCUT2D eigenvalue weighted by molar-refractivity contribution is 5.59. The zero-order valence-corrected chi connectivity index (χ0v) is 11.3. The van der Waals surface area contributed by atoms with Crippen molar-refractivity contribution in [3.05, 3.63) is 22.2 Å². The Balaban J connectivity index is 1.88. The monoisotopic (exact) mass is 280 g/mol. The van der Waals surface area contributed by atoms with Gasteiger partial charge in [-0.25, -0.2) is 10.8 Å². The fourth-order valence-corrected chi connectivity index (χ4v) is 2.33. The van der Waals surface area contributed by atoms with Crippen LogP contribution in [0.4, 0.5) is 17.3 Å². The first kappa shape index (κ1) is 14.5. The number of aromatic nitrogens is 1. The van der Waals surface area contributed by atoms with E-state index in [1.807, 2.05) is 0 Å². The highest BCUT2D eigenvalue weighted by Gasteiger charge is 2.16. The van der Waals surface area contributed by atoms with Gasteiger partial charge in [0.15, 0.2) is 0 Å². The van der Waals surface area contributed by atoms with E-state index in [0.29, 0.717) is 12.4 Å². The van der Waals surface area contributed by atoms with E-state index >= 15 is 0 Å². The SMILES string of the molecule is NNc1ccc([N+](=O)[O-])c(NCCCN2CCCC2)n1. The summed E-state index contributed by atoms with van der Waals surface area (Å²) in [5, 5.41) is 13.9. The van der Waals surface area contributed by atoms with E-state index < -0.39 is 4.92 Å². The molecule has 0 radical (unpaired) electrons. The van der Waals surface area contributed by atoms with Crippen molar-refractivity contribution in [1.29, 1.82) is 0 Å². The molecular formula is C12H20N6O2. The molecule has 4 N–H and O–H groups in total. The number of nitrogens with two attached hydrogens (primary N) is 1. The molecule has 1 aliphatic heterocycles. The van der Waals surface area contributed by atoms with Gasteiger partial charge >= 0.3 is 5.69 Å². The summed E-state index contributed by atoms with van der Waals surface area (Å²) < 4.78 is 0. The van der Waals surface area contributed by atoms with Crippen LogP contribution in [0.1, 0.15) is 19.3 Å². The smallest absolute Gasteiger partial charge is 0.311 e. The predicted molar refractivity (Wildman–Crippen MR) is 77.5 cm³/mol. The van der Waals surface area contributed by atoms with Gasteiger partial charge in [0, 0.05) is 12.6 Å². The molecule has 2 heterocycles. The number of nitrogens with one attached hydrogen (secondary N) is 2. The number of rotatable bonds is 7. The lowest BCUT2D eigenvalue weighted by atomic mass is 10.3. The fourth-order valence-electron chi connectivity index (χ4n) is 2.33. The van der Waals surface area contributed by atoms with Gasteiger partial charge < -0.3 is 15.6 Å². The predicted octanol–water partition coefficient (Wildman–Crippen LogP) is 1.17. The lowest BCUT2D eigenvalue weighted by Crippen LogP contribution is -2.22. The van der Waals surface area contributed by atoms with Crippen LogP contribution in [0.25, 0.3) is 0 Å². The number of hydrogen-bond acceptors (Lipinski definition) is 7. The molecule has 110 valence electrons. The Labute approximate surface area is 117 Å². The molecule has 0 aliphatic carbocycles. The molecule has 1 aromatic heterocycles. The van der Waals surface area contributed by atoms with E-state index in [2.05, 4.69) is 20.6 Å². The van der Waals surface area contributed by atoms with Gasteiger partial charge in [-0.15, -0.1) is 0 Å². The molecule has 1 aliphatic rings. The third kappa shape index (κ3) is 3.78. The van der Waals surface area contributed by atoms with Gasteiger partial charge in [-0.3, -0.25) is 10.1 Å². The normalized spacial score (nSPS) is 15.2. The summed E-state index contributed by atoms with van der Waals surface area (Å²) >= 11 is 0. The summed E-state index contributed by atoms with van der Waals surface area (Å²) in [5.74, 6) is 5.92. The topological polar surface area (TPSA) is 109 Å². The molecule has 0 spiro atoms. The first-order valence-electron chi connectivity index (χ1n) is 6.79. The molecule has 0 bridgehead atoms. The molecule has 1 aromatic rings. The van der Waals surface area contributed by atoms with E-state index in [0.717, 1.165) is 26.1 Å². The minimum atomic E-state index is -0.448. The van der Waals surface area contributed by atoms with Crippen LogP contribution in [0.2, 0.25) is 0 Å². The van der Waals surface area contributed by atoms with Gasteiger partial charge in [0.1, 0.15) is 5.82 Å². The third-order valence-corrected chi connectivity index (χ3v) is 3.36. The van der Waals surface area contributed by atoms with E-state index in [1.165, 1.54) is 25.0 Å². The Morgan fingerprint density at radius 1 is 1.40 bits per heavy atom. The molecular weight excluding hydrogens is 260 g/mol. The summed E-state index contributed by atoms with van der Waals surface area (Å²) in [7, 11) is 0. The molecule has 0 aromatic carbocycles. The van der Waals surface area contributed by atoms with Gasteiger partial charge in [0.25, 0.3) is 0 Å². The van der Waals surface area contributed by atoms with Crippen LogP contribution >= 0.6 is 0 Å². The van der Waals surface area contributed by atoms with Crippen molar-refractivity contribution in [1.82, 2.24) is 9.88 Å². The summed E-state index contributed by atoms with van der Waals surface area (Å²) in [6.45, 7) is 3.98. The van der Waals surface area contributed by atoms with Crippen molar-refractivity contribution in [2.45, 2.75) is 19.3 Å². The lowest BCUT2D eigenvalue weighted by molar-refractivity contribution is -0.384. The number of hydrazine groups is 1. The maximum Gasteiger partial charge on any atom is 0.311 e. The van der Waals surface area contributed by atoms with Crippen molar-refractivity contribution in [3.63, 3.8) is 0 Å². The summed E-state index contributed by atoms with van der Waals surface area (Å²) in [5.41, 5.74) is 2.35. The number of likely N-dealkylation sites (tertiary alicyclic amines) is 1. The van der Waals surface area contributed by atoms with E-state index in [-0.39, 0.29) is 11.5 Å². The van der Waals surface area contributed by atoms with Crippen molar-refractivity contribution >= 4 is 17.3 Å². The number of nitrogen functional groups attached to an aromatic ring is 1. The van der Waals surface area contributed by atoms with Crippen LogP contribution in [-0.4, -0.2) is 41.0 Å². The number of nitrogens with zero attached hydrogens (tertiary/aromatic N) is 3. The first-order valence-corrected chi connectivity index (χ1v) is 6.79. The second-order valence-corrected chi connectivity index (χ2v) is 4.79. The van der Waals surface area contributed by atoms with Gasteiger partial charge in [-0.2, -0.15) is 0 Å². The number of anilines is 2. The van der Waals surface area contributed by atoms with E-state index in [1.54, 1.807) is 0 Å². The van der Waals surface area contributed by atoms with Crippen molar-refractivity contribution in [2.24, 2.45) is 5.84 Å². The largest absolute Gasteiger partial charge is 0.364 e. The van der Waals surface area contributed by atoms with Crippen molar-refractivity contribution in [2.75, 3.05) is 36.9 Å². The van der Waals surface area contributed by atoms with Crippen molar-refractivity contribution < 1.29 is 4.92 Å². The molecule has 0 amide bonds. The molecule has 0 saturated carbocycles. The highest BCUT2D eigenvalue weighted by Crippen LogP contribution is 2.23. The number of hydrogen-bond donors (Lipinski definition) is 3. The zero-order valence-electron chi connectivity index (χ0n) is 11.3. The molecule has 2 rings (SSSR count). The Bertz CT molecular complexity index is 461. The highest BCUT2D eigenvalue weighted by atomic mass is 16.6. The molecule has 0 atom stereocenters. The van der Waals surface area contributed by atoms with Crippen LogP contribution in [0.15, 0.2) is 12.1 Å². The van der Waals surface area contributed by atoms with Crippen LogP contribution < -0.4 is 16.6 Å². The Hall–Kier alpha value is -1.93. The summed E-state index contributed by atoms with van der Waals surface area (Å²) in [6.07, 6.45) is 3.47. The Morgan fingerprint density at radius 3 is 2.80 bits per heavy atom. The third-order valence-electron chi connectivity index (χ3n) is 3.36. The maximum atomic E-state index is 10.9. The number of nitro groups is 1. The summed E-state index contributed by atoms with van der Waals surface area (Å²) in [4.78, 5) is 17.0. The van der Waals surface area contributed by atoms with Crippen LogP contribution in [0.5, 0.6) is 0 Å². The van der Waals surface area contributed by atoms with Crippen LogP contribution in [0, 0.1) is 10.1 Å². The Kier molecular flexibility index (Phi) is 5.08. The van der Waals surface area contributed by atoms with Crippen LogP contribution in [0.3, 0.4) is 0 Å². The minimum absolute atomic E-state index is 0.0369. The molecule has 1 fully saturated rings. The fraction of sp³-hybridized carbons (Fsp3) is 0.583. The lowest BCUT2D eigenvalue weighted by Gasteiger charge is -2.14. The van der Waals surface area contributed by atoms with Crippen LogP contribution in [-0.2, 0) is 0 Å². The van der Waals surface area contributed by atoms with Gasteiger partial charge in [-0.05, 0) is 45.0 Å². The van der Waals surface area contributed by atoms with E-state index in [9.17, 15) is 10.1 Å². The second-order valence-electron chi connectivity index (χ2n) is 4.79. The zero-order chi connectivity index (χ0) is 14.4. The average molecular weight is 280 g/mol. The minimum Gasteiger partial charge on any atom is -0.364 e. The standard InChI is InChI=1S/C12H20N6O2/c13-16-11-5-4-10(18(19)20)12(15-11)14-6-3-9-17-7-1-2-8-17/h4-5H,1-3,6-9,13H2,(H2,14,15,16). The second kappa shape index (κ2) is 7.01. The first-order chi connectivity index (χ1) is 9.70. The van der Waals surface area contributed by atoms with Gasteiger partial charge in [-0.1, -0.05) is 0 Å². The summed E-state index contributed by atoms with van der Waals surface area (Å²) in [6, 6.07) is 2.87. The molecule has 0 unspecified atom stereocenters. The van der Waals surface area contributed by atoms with Gasteiger partial charge in [0.2, 0.25) is 5.82 Å². The van der Waals surface area contributed by atoms with Gasteiger partial charge in [0.05, 0.1) is 4.92 Å². The van der Waals surface area contributed by atoms with Crippen molar-refractivity contribution in [3.8, 4) is 0 Å².